The molecule has 12 heteroatoms. The molecule has 0 bridgehead atoms. The van der Waals surface area contributed by atoms with Crippen LogP contribution in [-0.2, 0) is 28.9 Å². The van der Waals surface area contributed by atoms with E-state index in [1.54, 1.807) is 0 Å². The van der Waals surface area contributed by atoms with Crippen LogP contribution >= 0.6 is 22.7 Å². The van der Waals surface area contributed by atoms with E-state index in [0.717, 1.165) is 79.4 Å². The number of rotatable bonds is 15. The average Bonchev–Trinajstić information content (AvgIpc) is 3.73. The van der Waals surface area contributed by atoms with E-state index >= 15 is 0 Å². The maximum absolute atomic E-state index is 12.7. The van der Waals surface area contributed by atoms with Gasteiger partial charge in [0.25, 0.3) is 0 Å². The van der Waals surface area contributed by atoms with Crippen molar-refractivity contribution in [3.63, 3.8) is 0 Å². The molecule has 250 valence electrons. The van der Waals surface area contributed by atoms with E-state index < -0.39 is 0 Å². The molecule has 1 saturated carbocycles. The zero-order chi connectivity index (χ0) is 33.2. The summed E-state index contributed by atoms with van der Waals surface area (Å²) in [5.41, 5.74) is 4.27. The number of aromatic nitrogens is 4. The summed E-state index contributed by atoms with van der Waals surface area (Å²) in [7, 11) is 0. The Morgan fingerprint density at radius 2 is 1.21 bits per heavy atom. The number of carbonyl (C=O) groups is 2. The van der Waals surface area contributed by atoms with Crippen LogP contribution in [0.25, 0.3) is 0 Å². The van der Waals surface area contributed by atoms with Gasteiger partial charge >= 0.3 is 0 Å². The summed E-state index contributed by atoms with van der Waals surface area (Å²) in [6, 6.07) is 16.4. The summed E-state index contributed by atoms with van der Waals surface area (Å²) in [6.45, 7) is 12.4. The molecule has 1 aliphatic carbocycles. The molecular weight excluding hydrogens is 629 g/mol. The summed E-state index contributed by atoms with van der Waals surface area (Å²) in [4.78, 5) is 30.0. The Hall–Kier alpha value is -3.90. The van der Waals surface area contributed by atoms with E-state index in [1.165, 1.54) is 34.0 Å². The molecule has 0 spiro atoms. The highest BCUT2D eigenvalue weighted by atomic mass is 32.1. The fourth-order valence-electron chi connectivity index (χ4n) is 6.31. The highest BCUT2D eigenvalue weighted by Gasteiger charge is 2.27. The second-order valence-electron chi connectivity index (χ2n) is 12.0. The van der Waals surface area contributed by atoms with Crippen molar-refractivity contribution < 1.29 is 9.59 Å². The number of anilines is 4. The van der Waals surface area contributed by atoms with Gasteiger partial charge in [0.15, 0.2) is 0 Å². The summed E-state index contributed by atoms with van der Waals surface area (Å²) in [5, 5.41) is 26.3. The molecule has 10 nitrogen and oxygen atoms in total. The lowest BCUT2D eigenvalue weighted by Gasteiger charge is -2.26. The lowest BCUT2D eigenvalue weighted by atomic mass is 9.80. The first-order valence-electron chi connectivity index (χ1n) is 16.8. The molecule has 0 radical (unpaired) electrons. The van der Waals surface area contributed by atoms with Crippen molar-refractivity contribution in [3.8, 4) is 0 Å². The molecule has 4 aromatic rings. The molecule has 0 aliphatic heterocycles. The molecule has 2 aromatic heterocycles. The molecule has 2 atom stereocenters. The highest BCUT2D eigenvalue weighted by molar-refractivity contribution is 7.15. The summed E-state index contributed by atoms with van der Waals surface area (Å²) >= 11 is 2.93. The number of carbonyl (C=O) groups excluding carboxylic acids is 2. The largest absolute Gasteiger partial charge is 0.372 e. The number of nitrogens with one attached hydrogen (secondary N) is 2. The minimum atomic E-state index is -0.0895. The molecule has 2 unspecified atom stereocenters. The Bertz CT molecular complexity index is 1580. The van der Waals surface area contributed by atoms with Crippen LogP contribution in [0.1, 0.15) is 80.4 Å². The van der Waals surface area contributed by atoms with E-state index in [4.69, 9.17) is 0 Å². The van der Waals surface area contributed by atoms with Crippen molar-refractivity contribution in [3.05, 3.63) is 69.7 Å². The second kappa shape index (κ2) is 16.8. The van der Waals surface area contributed by atoms with Gasteiger partial charge in [-0.2, -0.15) is 0 Å². The molecule has 2 amide bonds. The topological polar surface area (TPSA) is 116 Å². The van der Waals surface area contributed by atoms with Crippen molar-refractivity contribution in [1.29, 1.82) is 0 Å². The standard InChI is InChI=1S/C35H46N8O2S2/c1-5-42(6-2)28-16-12-24(13-17-28)21-30(44)36-34-40-38-32(46-34)23-26-10-9-11-27(20-26)33-39-41-35(47-33)37-31(45)22-25-14-18-29(19-15-25)43(7-3)8-4/h12-19,26-27H,5-11,20-23H2,1-4H3,(H,36,40,44)(H,37,41,45). The zero-order valence-corrected chi connectivity index (χ0v) is 29.5. The molecule has 1 fully saturated rings. The highest BCUT2D eigenvalue weighted by Crippen LogP contribution is 2.39. The first-order chi connectivity index (χ1) is 22.9. The van der Waals surface area contributed by atoms with Crippen molar-refractivity contribution >= 4 is 56.1 Å². The molecular formula is C35H46N8O2S2. The SMILES string of the molecule is CCN(CC)c1ccc(CC(=O)Nc2nnc(CC3CCCC(c4nnc(NC(=O)Cc5ccc(N(CC)CC)cc5)s4)C3)s2)cc1. The normalized spacial score (nSPS) is 16.1. The van der Waals surface area contributed by atoms with E-state index in [2.05, 4.69) is 92.8 Å². The maximum atomic E-state index is 12.7. The van der Waals surface area contributed by atoms with Crippen LogP contribution in [0.4, 0.5) is 21.6 Å². The Kier molecular flexibility index (Phi) is 12.3. The van der Waals surface area contributed by atoms with Gasteiger partial charge in [0.05, 0.1) is 12.8 Å². The van der Waals surface area contributed by atoms with Gasteiger partial charge in [-0.15, -0.1) is 20.4 Å². The number of hydrogen-bond acceptors (Lipinski definition) is 10. The summed E-state index contributed by atoms with van der Waals surface area (Å²) < 4.78 is 0. The fraction of sp³-hybridized carbons (Fsp3) is 0.486. The van der Waals surface area contributed by atoms with Gasteiger partial charge in [-0.1, -0.05) is 53.4 Å². The van der Waals surface area contributed by atoms with E-state index in [0.29, 0.717) is 34.9 Å². The Balaban J connectivity index is 1.08. The third kappa shape index (κ3) is 9.57. The van der Waals surface area contributed by atoms with Gasteiger partial charge in [-0.05, 0) is 88.3 Å². The van der Waals surface area contributed by atoms with Gasteiger partial charge < -0.3 is 20.4 Å². The summed E-state index contributed by atoms with van der Waals surface area (Å²) in [6.07, 6.45) is 5.70. The van der Waals surface area contributed by atoms with Crippen molar-refractivity contribution in [2.24, 2.45) is 5.92 Å². The number of amides is 2. The van der Waals surface area contributed by atoms with E-state index in [-0.39, 0.29) is 11.8 Å². The Morgan fingerprint density at radius 1 is 0.702 bits per heavy atom. The lowest BCUT2D eigenvalue weighted by molar-refractivity contribution is -0.116. The quantitative estimate of drug-likeness (QED) is 0.139. The molecule has 0 saturated heterocycles. The third-order valence-electron chi connectivity index (χ3n) is 8.85. The van der Waals surface area contributed by atoms with E-state index in [9.17, 15) is 9.59 Å². The predicted octanol–water partition coefficient (Wildman–Crippen LogP) is 6.96. The lowest BCUT2D eigenvalue weighted by Crippen LogP contribution is -2.21. The molecule has 5 rings (SSSR count). The van der Waals surface area contributed by atoms with Gasteiger partial charge in [0.1, 0.15) is 10.0 Å². The van der Waals surface area contributed by atoms with Crippen molar-refractivity contribution in [1.82, 2.24) is 20.4 Å². The number of nitrogens with zero attached hydrogens (tertiary/aromatic N) is 6. The first kappa shape index (κ1) is 34.4. The number of hydrogen-bond donors (Lipinski definition) is 2. The Morgan fingerprint density at radius 3 is 1.74 bits per heavy atom. The van der Waals surface area contributed by atoms with Crippen LogP contribution in [0.15, 0.2) is 48.5 Å². The fourth-order valence-corrected chi connectivity index (χ4v) is 8.09. The molecule has 2 heterocycles. The minimum Gasteiger partial charge on any atom is -0.372 e. The van der Waals surface area contributed by atoms with E-state index in [1.807, 2.05) is 24.3 Å². The smallest absolute Gasteiger partial charge is 0.230 e. The minimum absolute atomic E-state index is 0.0860. The number of benzene rings is 2. The monoisotopic (exact) mass is 674 g/mol. The Labute approximate surface area is 286 Å². The molecule has 2 aromatic carbocycles. The molecule has 2 N–H and O–H groups in total. The van der Waals surface area contributed by atoms with Gasteiger partial charge in [-0.25, -0.2) is 0 Å². The van der Waals surface area contributed by atoms with Crippen LogP contribution < -0.4 is 20.4 Å². The summed E-state index contributed by atoms with van der Waals surface area (Å²) in [5.74, 6) is 0.589. The third-order valence-corrected chi connectivity index (χ3v) is 10.7. The second-order valence-corrected chi connectivity index (χ2v) is 14.1. The van der Waals surface area contributed by atoms with Gasteiger partial charge in [0, 0.05) is 49.9 Å². The maximum Gasteiger partial charge on any atom is 0.230 e. The molecule has 1 aliphatic rings. The predicted molar refractivity (Wildman–Crippen MR) is 193 cm³/mol. The first-order valence-corrected chi connectivity index (χ1v) is 18.4. The van der Waals surface area contributed by atoms with Crippen molar-refractivity contribution in [2.45, 2.75) is 78.6 Å². The van der Waals surface area contributed by atoms with Crippen LogP contribution in [0.5, 0.6) is 0 Å². The van der Waals surface area contributed by atoms with Crippen LogP contribution in [0, 0.1) is 5.92 Å². The van der Waals surface area contributed by atoms with Crippen LogP contribution in [-0.4, -0.2) is 58.4 Å². The van der Waals surface area contributed by atoms with Crippen molar-refractivity contribution in [2.75, 3.05) is 46.6 Å². The van der Waals surface area contributed by atoms with Crippen LogP contribution in [0.2, 0.25) is 0 Å². The van der Waals surface area contributed by atoms with Crippen LogP contribution in [0.3, 0.4) is 0 Å². The molecule has 47 heavy (non-hydrogen) atoms. The average molecular weight is 675 g/mol. The van der Waals surface area contributed by atoms with Gasteiger partial charge in [0.2, 0.25) is 22.1 Å². The zero-order valence-electron chi connectivity index (χ0n) is 27.9. The van der Waals surface area contributed by atoms with Gasteiger partial charge in [-0.3, -0.25) is 9.59 Å².